The summed E-state index contributed by atoms with van der Waals surface area (Å²) in [4.78, 5) is 20.8. The number of aryl methyl sites for hydroxylation is 1. The summed E-state index contributed by atoms with van der Waals surface area (Å²) in [5.41, 5.74) is 0.955. The van der Waals surface area contributed by atoms with Crippen LogP contribution in [0.1, 0.15) is 44.5 Å². The van der Waals surface area contributed by atoms with Gasteiger partial charge in [0.25, 0.3) is 0 Å². The van der Waals surface area contributed by atoms with Gasteiger partial charge in [-0.3, -0.25) is 4.79 Å². The Morgan fingerprint density at radius 1 is 1.19 bits per heavy atom. The van der Waals surface area contributed by atoms with Crippen LogP contribution >= 0.6 is 0 Å². The van der Waals surface area contributed by atoms with Crippen LogP contribution in [0.3, 0.4) is 0 Å². The molecule has 0 unspecified atom stereocenters. The largest absolute Gasteiger partial charge is 0.370 e. The van der Waals surface area contributed by atoms with Gasteiger partial charge in [-0.1, -0.05) is 6.92 Å². The average molecular weight is 291 g/mol. The quantitative estimate of drug-likeness (QED) is 0.681. The van der Waals surface area contributed by atoms with Crippen molar-refractivity contribution in [3.63, 3.8) is 0 Å². The Morgan fingerprint density at radius 2 is 1.86 bits per heavy atom. The molecule has 0 saturated heterocycles. The van der Waals surface area contributed by atoms with Crippen LogP contribution in [-0.4, -0.2) is 35.0 Å². The molecule has 0 atom stereocenters. The van der Waals surface area contributed by atoms with Gasteiger partial charge in [-0.25, -0.2) is 9.97 Å². The fourth-order valence-electron chi connectivity index (χ4n) is 2.08. The first-order chi connectivity index (χ1) is 10.1. The predicted molar refractivity (Wildman–Crippen MR) is 84.6 cm³/mol. The van der Waals surface area contributed by atoms with Crippen LogP contribution in [-0.2, 0) is 11.2 Å². The zero-order valence-electron chi connectivity index (χ0n) is 13.1. The molecule has 0 bridgehead atoms. The number of nitrogens with zero attached hydrogens (tertiary/aromatic N) is 2. The number of carbonyl (C=O) groups is 1. The van der Waals surface area contributed by atoms with Gasteiger partial charge in [-0.15, -0.1) is 0 Å². The van der Waals surface area contributed by atoms with Gasteiger partial charge < -0.3 is 16.0 Å². The fourth-order valence-corrected chi connectivity index (χ4v) is 2.08. The van der Waals surface area contributed by atoms with Gasteiger partial charge in [0.15, 0.2) is 0 Å². The molecule has 0 spiro atoms. The van der Waals surface area contributed by atoms with Crippen LogP contribution in [0.5, 0.6) is 0 Å². The average Bonchev–Trinajstić information content (AvgIpc) is 3.25. The first-order valence-corrected chi connectivity index (χ1v) is 7.78. The normalized spacial score (nSPS) is 13.9. The second-order valence-electron chi connectivity index (χ2n) is 5.44. The summed E-state index contributed by atoms with van der Waals surface area (Å²) in [7, 11) is 0. The van der Waals surface area contributed by atoms with Gasteiger partial charge in [0.1, 0.15) is 17.5 Å². The van der Waals surface area contributed by atoms with E-state index in [0.29, 0.717) is 6.04 Å². The van der Waals surface area contributed by atoms with E-state index >= 15 is 0 Å². The van der Waals surface area contributed by atoms with Crippen molar-refractivity contribution in [3.8, 4) is 0 Å². The van der Waals surface area contributed by atoms with E-state index in [2.05, 4.69) is 32.8 Å². The molecule has 1 saturated carbocycles. The predicted octanol–water partition coefficient (Wildman–Crippen LogP) is 1.86. The SMILES string of the molecule is CCCc1nc(NCC)c(C)c(NCC(=O)NC2CC2)n1. The molecule has 1 aliphatic carbocycles. The lowest BCUT2D eigenvalue weighted by atomic mass is 10.2. The van der Waals surface area contributed by atoms with Crippen molar-refractivity contribution in [1.29, 1.82) is 0 Å². The Kier molecular flexibility index (Phi) is 5.36. The number of rotatable bonds is 8. The molecule has 1 aromatic heterocycles. The molecule has 0 aromatic carbocycles. The molecule has 6 nitrogen and oxygen atoms in total. The number of aromatic nitrogens is 2. The summed E-state index contributed by atoms with van der Waals surface area (Å²) in [6, 6.07) is 0.388. The van der Waals surface area contributed by atoms with E-state index in [1.165, 1.54) is 0 Å². The molecule has 2 rings (SSSR count). The number of nitrogens with one attached hydrogen (secondary N) is 3. The molecule has 21 heavy (non-hydrogen) atoms. The number of anilines is 2. The van der Waals surface area contributed by atoms with Gasteiger partial charge in [0, 0.05) is 24.6 Å². The summed E-state index contributed by atoms with van der Waals surface area (Å²) in [6.45, 7) is 7.18. The fraction of sp³-hybridized carbons (Fsp3) is 0.667. The van der Waals surface area contributed by atoms with E-state index in [-0.39, 0.29) is 12.5 Å². The van der Waals surface area contributed by atoms with Gasteiger partial charge in [-0.2, -0.15) is 0 Å². The standard InChI is InChI=1S/C15H25N5O/c1-4-6-12-19-14(16-5-2)10(3)15(20-12)17-9-13(21)18-11-7-8-11/h11H,4-9H2,1-3H3,(H,18,21)(H2,16,17,19,20). The van der Waals surface area contributed by atoms with E-state index in [1.54, 1.807) is 0 Å². The molecule has 1 heterocycles. The van der Waals surface area contributed by atoms with Crippen molar-refractivity contribution >= 4 is 17.5 Å². The van der Waals surface area contributed by atoms with E-state index in [1.807, 2.05) is 13.8 Å². The molecule has 1 aliphatic rings. The molecular formula is C15H25N5O. The summed E-state index contributed by atoms with van der Waals surface area (Å²) in [5, 5.41) is 9.36. The topological polar surface area (TPSA) is 78.9 Å². The molecule has 116 valence electrons. The third kappa shape index (κ3) is 4.58. The second-order valence-corrected chi connectivity index (χ2v) is 5.44. The van der Waals surface area contributed by atoms with E-state index in [9.17, 15) is 4.79 Å². The zero-order chi connectivity index (χ0) is 15.2. The Morgan fingerprint density at radius 3 is 2.43 bits per heavy atom. The molecule has 6 heteroatoms. The van der Waals surface area contributed by atoms with Crippen LogP contribution in [0.25, 0.3) is 0 Å². The zero-order valence-corrected chi connectivity index (χ0v) is 13.1. The maximum Gasteiger partial charge on any atom is 0.239 e. The van der Waals surface area contributed by atoms with Crippen molar-refractivity contribution in [2.45, 2.75) is 52.5 Å². The van der Waals surface area contributed by atoms with Crippen molar-refractivity contribution < 1.29 is 4.79 Å². The summed E-state index contributed by atoms with van der Waals surface area (Å²) >= 11 is 0. The lowest BCUT2D eigenvalue weighted by Crippen LogP contribution is -2.31. The van der Waals surface area contributed by atoms with Gasteiger partial charge in [0.05, 0.1) is 6.54 Å². The van der Waals surface area contributed by atoms with Crippen molar-refractivity contribution in [2.75, 3.05) is 23.7 Å². The summed E-state index contributed by atoms with van der Waals surface area (Å²) in [5.74, 6) is 2.43. The van der Waals surface area contributed by atoms with Crippen molar-refractivity contribution in [3.05, 3.63) is 11.4 Å². The minimum absolute atomic E-state index is 0.0255. The highest BCUT2D eigenvalue weighted by atomic mass is 16.2. The maximum atomic E-state index is 11.8. The minimum atomic E-state index is 0.0255. The maximum absolute atomic E-state index is 11.8. The van der Waals surface area contributed by atoms with Crippen LogP contribution in [0.2, 0.25) is 0 Å². The van der Waals surface area contributed by atoms with E-state index in [0.717, 1.165) is 55.3 Å². The van der Waals surface area contributed by atoms with E-state index < -0.39 is 0 Å². The highest BCUT2D eigenvalue weighted by molar-refractivity contribution is 5.81. The molecule has 1 fully saturated rings. The third-order valence-corrected chi connectivity index (χ3v) is 3.37. The van der Waals surface area contributed by atoms with Crippen LogP contribution in [0.15, 0.2) is 0 Å². The highest BCUT2D eigenvalue weighted by Gasteiger charge is 2.23. The number of carbonyl (C=O) groups excluding carboxylic acids is 1. The minimum Gasteiger partial charge on any atom is -0.370 e. The Balaban J connectivity index is 2.05. The molecule has 3 N–H and O–H groups in total. The van der Waals surface area contributed by atoms with Crippen molar-refractivity contribution in [1.82, 2.24) is 15.3 Å². The summed E-state index contributed by atoms with van der Waals surface area (Å²) < 4.78 is 0. The Labute approximate surface area is 126 Å². The smallest absolute Gasteiger partial charge is 0.239 e. The third-order valence-electron chi connectivity index (χ3n) is 3.37. The Bertz CT molecular complexity index is 499. The van der Waals surface area contributed by atoms with Gasteiger partial charge in [0.2, 0.25) is 5.91 Å². The lowest BCUT2D eigenvalue weighted by molar-refractivity contribution is -0.119. The molecule has 0 aliphatic heterocycles. The van der Waals surface area contributed by atoms with E-state index in [4.69, 9.17) is 0 Å². The lowest BCUT2D eigenvalue weighted by Gasteiger charge is -2.14. The van der Waals surface area contributed by atoms with Crippen LogP contribution in [0, 0.1) is 6.92 Å². The second kappa shape index (κ2) is 7.24. The van der Waals surface area contributed by atoms with Crippen LogP contribution < -0.4 is 16.0 Å². The monoisotopic (exact) mass is 291 g/mol. The highest BCUT2D eigenvalue weighted by Crippen LogP contribution is 2.21. The number of hydrogen-bond donors (Lipinski definition) is 3. The Hall–Kier alpha value is -1.85. The molecule has 1 aromatic rings. The first kappa shape index (κ1) is 15.5. The van der Waals surface area contributed by atoms with Gasteiger partial charge in [-0.05, 0) is 33.1 Å². The molecule has 0 radical (unpaired) electrons. The van der Waals surface area contributed by atoms with Crippen molar-refractivity contribution in [2.24, 2.45) is 0 Å². The number of hydrogen-bond acceptors (Lipinski definition) is 5. The summed E-state index contributed by atoms with van der Waals surface area (Å²) in [6.07, 6.45) is 4.03. The first-order valence-electron chi connectivity index (χ1n) is 7.78. The van der Waals surface area contributed by atoms with Gasteiger partial charge >= 0.3 is 0 Å². The van der Waals surface area contributed by atoms with Crippen LogP contribution in [0.4, 0.5) is 11.6 Å². The molecule has 1 amide bonds. The molecular weight excluding hydrogens is 266 g/mol. The number of amides is 1.